The number of rotatable bonds is 11. The maximum Gasteiger partial charge on any atom is 0.407 e. The Kier molecular flexibility index (Phi) is 11.1. The fourth-order valence-corrected chi connectivity index (χ4v) is 1.09. The van der Waals surface area contributed by atoms with Crippen LogP contribution in [0.4, 0.5) is 4.79 Å². The quantitative estimate of drug-likeness (QED) is 0.271. The first-order valence-corrected chi connectivity index (χ1v) is 6.49. The molecule has 114 valence electrons. The molecule has 0 heterocycles. The third kappa shape index (κ3) is 11.3. The standard InChI is InChI=1S/C14H23NO5/c1-4-5-6-8-20-14(17)15-7-9-18-10-11-19-13(16)12(2)3/h4H,1-2,5-11H2,3H3,(H,15,17). The Morgan fingerprint density at radius 1 is 1.15 bits per heavy atom. The van der Waals surface area contributed by atoms with Crippen molar-refractivity contribution in [1.29, 1.82) is 0 Å². The van der Waals surface area contributed by atoms with Crippen molar-refractivity contribution < 1.29 is 23.8 Å². The third-order valence-electron chi connectivity index (χ3n) is 2.11. The minimum Gasteiger partial charge on any atom is -0.460 e. The Labute approximate surface area is 119 Å². The molecule has 6 nitrogen and oxygen atoms in total. The normalized spacial score (nSPS) is 9.65. The summed E-state index contributed by atoms with van der Waals surface area (Å²) in [5.41, 5.74) is 0.353. The number of allylic oxidation sites excluding steroid dienone is 1. The van der Waals surface area contributed by atoms with E-state index in [1.807, 2.05) is 0 Å². The maximum atomic E-state index is 11.2. The Balaban J connectivity index is 3.31. The first kappa shape index (κ1) is 18.2. The van der Waals surface area contributed by atoms with Crippen molar-refractivity contribution >= 4 is 12.1 Å². The van der Waals surface area contributed by atoms with E-state index in [1.54, 1.807) is 13.0 Å². The molecule has 6 heteroatoms. The molecular formula is C14H23NO5. The van der Waals surface area contributed by atoms with Crippen LogP contribution in [0.5, 0.6) is 0 Å². The molecule has 0 radical (unpaired) electrons. The zero-order valence-corrected chi connectivity index (χ0v) is 12.0. The largest absolute Gasteiger partial charge is 0.460 e. The van der Waals surface area contributed by atoms with Crippen LogP contribution < -0.4 is 5.32 Å². The van der Waals surface area contributed by atoms with Gasteiger partial charge in [-0.1, -0.05) is 12.7 Å². The molecule has 0 aliphatic rings. The second-order valence-electron chi connectivity index (χ2n) is 4.02. The molecule has 0 aromatic rings. The summed E-state index contributed by atoms with van der Waals surface area (Å²) >= 11 is 0. The van der Waals surface area contributed by atoms with Crippen LogP contribution in [0.25, 0.3) is 0 Å². The monoisotopic (exact) mass is 285 g/mol. The van der Waals surface area contributed by atoms with Crippen molar-refractivity contribution in [3.05, 3.63) is 24.8 Å². The molecular weight excluding hydrogens is 262 g/mol. The van der Waals surface area contributed by atoms with Gasteiger partial charge < -0.3 is 19.5 Å². The molecule has 0 bridgehead atoms. The SMILES string of the molecule is C=CCCCOC(=O)NCCOCCOC(=O)C(=C)C. The van der Waals surface area contributed by atoms with Crippen molar-refractivity contribution in [3.8, 4) is 0 Å². The average Bonchev–Trinajstić information content (AvgIpc) is 2.42. The Morgan fingerprint density at radius 2 is 1.90 bits per heavy atom. The number of hydrogen-bond acceptors (Lipinski definition) is 5. The highest BCUT2D eigenvalue weighted by Gasteiger charge is 2.02. The van der Waals surface area contributed by atoms with Gasteiger partial charge in [0.1, 0.15) is 6.61 Å². The van der Waals surface area contributed by atoms with Gasteiger partial charge in [0, 0.05) is 12.1 Å². The van der Waals surface area contributed by atoms with E-state index in [-0.39, 0.29) is 13.2 Å². The van der Waals surface area contributed by atoms with Gasteiger partial charge in [-0.2, -0.15) is 0 Å². The van der Waals surface area contributed by atoms with E-state index < -0.39 is 12.1 Å². The van der Waals surface area contributed by atoms with E-state index >= 15 is 0 Å². The Hall–Kier alpha value is -1.82. The highest BCUT2D eigenvalue weighted by molar-refractivity contribution is 5.86. The number of amides is 1. The fraction of sp³-hybridized carbons (Fsp3) is 0.571. The minimum atomic E-state index is -0.466. The summed E-state index contributed by atoms with van der Waals surface area (Å²) in [6.45, 7) is 10.1. The zero-order chi connectivity index (χ0) is 15.2. The van der Waals surface area contributed by atoms with Gasteiger partial charge in [0.25, 0.3) is 0 Å². The smallest absolute Gasteiger partial charge is 0.407 e. The van der Waals surface area contributed by atoms with Crippen LogP contribution in [-0.4, -0.2) is 45.0 Å². The predicted molar refractivity (Wildman–Crippen MR) is 75.4 cm³/mol. The summed E-state index contributed by atoms with van der Waals surface area (Å²) in [5, 5.41) is 2.54. The summed E-state index contributed by atoms with van der Waals surface area (Å²) in [4.78, 5) is 22.2. The molecule has 0 aliphatic heterocycles. The highest BCUT2D eigenvalue weighted by atomic mass is 16.6. The third-order valence-corrected chi connectivity index (χ3v) is 2.11. The van der Waals surface area contributed by atoms with Gasteiger partial charge in [-0.3, -0.25) is 0 Å². The first-order valence-electron chi connectivity index (χ1n) is 6.49. The van der Waals surface area contributed by atoms with Crippen LogP contribution in [0.2, 0.25) is 0 Å². The van der Waals surface area contributed by atoms with Crippen LogP contribution in [0.1, 0.15) is 19.8 Å². The van der Waals surface area contributed by atoms with Crippen molar-refractivity contribution in [1.82, 2.24) is 5.32 Å². The molecule has 20 heavy (non-hydrogen) atoms. The predicted octanol–water partition coefficient (Wildman–Crippen LogP) is 1.81. The Morgan fingerprint density at radius 3 is 2.55 bits per heavy atom. The lowest BCUT2D eigenvalue weighted by atomic mass is 10.3. The van der Waals surface area contributed by atoms with Crippen LogP contribution >= 0.6 is 0 Å². The average molecular weight is 285 g/mol. The molecule has 0 rings (SSSR count). The van der Waals surface area contributed by atoms with E-state index in [0.717, 1.165) is 12.8 Å². The van der Waals surface area contributed by atoms with Crippen LogP contribution in [-0.2, 0) is 19.0 Å². The number of hydrogen-bond donors (Lipinski definition) is 1. The molecule has 1 N–H and O–H groups in total. The molecule has 0 aromatic heterocycles. The van der Waals surface area contributed by atoms with E-state index in [0.29, 0.717) is 25.3 Å². The van der Waals surface area contributed by atoms with Gasteiger partial charge in [-0.15, -0.1) is 6.58 Å². The van der Waals surface area contributed by atoms with Gasteiger partial charge in [0.2, 0.25) is 0 Å². The maximum absolute atomic E-state index is 11.2. The molecule has 0 aliphatic carbocycles. The minimum absolute atomic E-state index is 0.164. The summed E-state index contributed by atoms with van der Waals surface area (Å²) in [7, 11) is 0. The summed E-state index contributed by atoms with van der Waals surface area (Å²) in [6, 6.07) is 0. The second-order valence-corrected chi connectivity index (χ2v) is 4.02. The van der Waals surface area contributed by atoms with Gasteiger partial charge in [0.05, 0.1) is 19.8 Å². The van der Waals surface area contributed by atoms with Crippen molar-refractivity contribution in [2.24, 2.45) is 0 Å². The lowest BCUT2D eigenvalue weighted by Gasteiger charge is -2.07. The molecule has 0 fully saturated rings. The fourth-order valence-electron chi connectivity index (χ4n) is 1.09. The highest BCUT2D eigenvalue weighted by Crippen LogP contribution is 1.92. The summed E-state index contributed by atoms with van der Waals surface area (Å²) < 4.78 is 14.9. The number of carbonyl (C=O) groups excluding carboxylic acids is 2. The number of alkyl carbamates (subject to hydrolysis) is 1. The van der Waals surface area contributed by atoms with Crippen molar-refractivity contribution in [2.75, 3.05) is 33.0 Å². The lowest BCUT2D eigenvalue weighted by molar-refractivity contribution is -0.140. The number of ether oxygens (including phenoxy) is 3. The van der Waals surface area contributed by atoms with Crippen LogP contribution in [0, 0.1) is 0 Å². The molecule has 0 saturated heterocycles. The van der Waals surface area contributed by atoms with Gasteiger partial charge in [-0.05, 0) is 19.8 Å². The van der Waals surface area contributed by atoms with Crippen LogP contribution in [0.15, 0.2) is 24.8 Å². The molecule has 0 spiro atoms. The van der Waals surface area contributed by atoms with E-state index in [2.05, 4.69) is 18.5 Å². The zero-order valence-electron chi connectivity index (χ0n) is 12.0. The first-order chi connectivity index (χ1) is 9.57. The molecule has 0 aromatic carbocycles. The number of esters is 1. The summed E-state index contributed by atoms with van der Waals surface area (Å²) in [6.07, 6.45) is 2.89. The van der Waals surface area contributed by atoms with E-state index in [4.69, 9.17) is 14.2 Å². The molecule has 0 saturated carbocycles. The van der Waals surface area contributed by atoms with Crippen molar-refractivity contribution in [2.45, 2.75) is 19.8 Å². The second kappa shape index (κ2) is 12.2. The Bertz CT molecular complexity index is 328. The van der Waals surface area contributed by atoms with Gasteiger partial charge in [-0.25, -0.2) is 9.59 Å². The van der Waals surface area contributed by atoms with E-state index in [1.165, 1.54) is 0 Å². The number of carbonyl (C=O) groups is 2. The molecule has 0 atom stereocenters. The van der Waals surface area contributed by atoms with Crippen LogP contribution in [0.3, 0.4) is 0 Å². The summed E-state index contributed by atoms with van der Waals surface area (Å²) in [5.74, 6) is -0.435. The topological polar surface area (TPSA) is 73.9 Å². The van der Waals surface area contributed by atoms with E-state index in [9.17, 15) is 9.59 Å². The molecule has 0 unspecified atom stereocenters. The number of nitrogens with one attached hydrogen (secondary N) is 1. The number of unbranched alkanes of at least 4 members (excludes halogenated alkanes) is 1. The lowest BCUT2D eigenvalue weighted by Crippen LogP contribution is -2.28. The molecule has 1 amide bonds. The van der Waals surface area contributed by atoms with Gasteiger partial charge in [0.15, 0.2) is 0 Å². The van der Waals surface area contributed by atoms with Gasteiger partial charge >= 0.3 is 12.1 Å². The van der Waals surface area contributed by atoms with Crippen molar-refractivity contribution in [3.63, 3.8) is 0 Å².